The van der Waals surface area contributed by atoms with Gasteiger partial charge < -0.3 is 10.2 Å². The van der Waals surface area contributed by atoms with Crippen molar-refractivity contribution in [3.63, 3.8) is 0 Å². The lowest BCUT2D eigenvalue weighted by Crippen LogP contribution is -2.44. The van der Waals surface area contributed by atoms with Crippen LogP contribution in [0.15, 0.2) is 18.2 Å². The van der Waals surface area contributed by atoms with Crippen LogP contribution in [0.4, 0.5) is 22.0 Å². The topological polar surface area (TPSA) is 49.4 Å². The second kappa shape index (κ2) is 7.14. The van der Waals surface area contributed by atoms with E-state index in [2.05, 4.69) is 0 Å². The first kappa shape index (κ1) is 18.2. The van der Waals surface area contributed by atoms with Gasteiger partial charge in [-0.2, -0.15) is 13.2 Å². The number of benzene rings is 1. The highest BCUT2D eigenvalue weighted by Crippen LogP contribution is 2.21. The molecule has 1 N–H and O–H groups in total. The van der Waals surface area contributed by atoms with E-state index < -0.39 is 42.1 Å². The largest absolute Gasteiger partial charge is 0.405 e. The molecule has 0 aliphatic carbocycles. The summed E-state index contributed by atoms with van der Waals surface area (Å²) in [4.78, 5) is 25.1. The number of piperidine rings is 1. The summed E-state index contributed by atoms with van der Waals surface area (Å²) in [6.45, 7) is -1.18. The van der Waals surface area contributed by atoms with Crippen LogP contribution < -0.4 is 5.32 Å². The smallest absolute Gasteiger partial charge is 0.347 e. The summed E-state index contributed by atoms with van der Waals surface area (Å²) in [6, 6.07) is 2.60. The van der Waals surface area contributed by atoms with Gasteiger partial charge in [-0.3, -0.25) is 9.59 Å². The molecule has 0 bridgehead atoms. The maximum Gasteiger partial charge on any atom is 0.405 e. The Balaban J connectivity index is 1.90. The number of nitrogens with zero attached hydrogens (tertiary/aromatic N) is 1. The maximum absolute atomic E-state index is 13.6. The van der Waals surface area contributed by atoms with E-state index in [0.29, 0.717) is 6.07 Å². The lowest BCUT2D eigenvalue weighted by Gasteiger charge is -2.31. The minimum Gasteiger partial charge on any atom is -0.347 e. The normalized spacial score (nSPS) is 16.1. The lowest BCUT2D eigenvalue weighted by molar-refractivity contribution is -0.141. The van der Waals surface area contributed by atoms with Gasteiger partial charge in [0, 0.05) is 25.1 Å². The van der Waals surface area contributed by atoms with E-state index in [1.807, 2.05) is 5.32 Å². The zero-order chi connectivity index (χ0) is 17.9. The van der Waals surface area contributed by atoms with Gasteiger partial charge in [0.15, 0.2) is 0 Å². The van der Waals surface area contributed by atoms with Gasteiger partial charge in [0.25, 0.3) is 5.91 Å². The fourth-order valence-electron chi connectivity index (χ4n) is 2.51. The fraction of sp³-hybridized carbons (Fsp3) is 0.467. The second-order valence-corrected chi connectivity index (χ2v) is 5.52. The van der Waals surface area contributed by atoms with Gasteiger partial charge in [-0.05, 0) is 25.0 Å². The number of alkyl halides is 3. The molecule has 132 valence electrons. The quantitative estimate of drug-likeness (QED) is 0.852. The summed E-state index contributed by atoms with van der Waals surface area (Å²) in [5.74, 6) is -3.77. The third-order valence-corrected chi connectivity index (χ3v) is 3.78. The van der Waals surface area contributed by atoms with Crippen LogP contribution in [-0.2, 0) is 4.79 Å². The van der Waals surface area contributed by atoms with Crippen molar-refractivity contribution in [2.45, 2.75) is 19.0 Å². The van der Waals surface area contributed by atoms with Crippen LogP contribution in [0.3, 0.4) is 0 Å². The van der Waals surface area contributed by atoms with Crippen LogP contribution in [0.5, 0.6) is 0 Å². The number of rotatable bonds is 3. The van der Waals surface area contributed by atoms with Crippen LogP contribution in [0.25, 0.3) is 0 Å². The number of likely N-dealkylation sites (tertiary alicyclic amines) is 1. The minimum absolute atomic E-state index is 0.111. The molecule has 1 aliphatic rings. The van der Waals surface area contributed by atoms with Crippen LogP contribution in [0, 0.1) is 17.6 Å². The van der Waals surface area contributed by atoms with Crippen molar-refractivity contribution in [1.82, 2.24) is 10.2 Å². The number of amides is 2. The molecular weight excluding hydrogens is 335 g/mol. The van der Waals surface area contributed by atoms with Gasteiger partial charge in [0.1, 0.15) is 18.2 Å². The molecular formula is C15H15F5N2O2. The highest BCUT2D eigenvalue weighted by molar-refractivity contribution is 5.94. The van der Waals surface area contributed by atoms with Gasteiger partial charge in [0.2, 0.25) is 5.91 Å². The Hall–Kier alpha value is -2.19. The summed E-state index contributed by atoms with van der Waals surface area (Å²) in [5.41, 5.74) is -0.281. The van der Waals surface area contributed by atoms with Gasteiger partial charge in [-0.15, -0.1) is 0 Å². The Kier molecular flexibility index (Phi) is 5.40. The predicted molar refractivity (Wildman–Crippen MR) is 74.1 cm³/mol. The molecule has 1 fully saturated rings. The molecule has 1 aliphatic heterocycles. The molecule has 1 aromatic rings. The third kappa shape index (κ3) is 4.65. The predicted octanol–water partition coefficient (Wildman–Crippen LogP) is 2.50. The summed E-state index contributed by atoms with van der Waals surface area (Å²) in [7, 11) is 0. The summed E-state index contributed by atoms with van der Waals surface area (Å²) in [6.07, 6.45) is -4.12. The van der Waals surface area contributed by atoms with Crippen LogP contribution in [0.2, 0.25) is 0 Å². The molecule has 1 heterocycles. The van der Waals surface area contributed by atoms with Crippen LogP contribution in [0.1, 0.15) is 23.2 Å². The standard InChI is InChI=1S/C15H15F5N2O2/c16-10-1-2-11(12(17)7-10)14(24)22-5-3-9(4-6-22)13(23)21-8-15(18,19)20/h1-2,7,9H,3-6,8H2,(H,21,23). The monoisotopic (exact) mass is 350 g/mol. The Morgan fingerprint density at radius 1 is 1.17 bits per heavy atom. The van der Waals surface area contributed by atoms with E-state index in [9.17, 15) is 31.5 Å². The molecule has 0 aromatic heterocycles. The lowest BCUT2D eigenvalue weighted by atomic mass is 9.95. The van der Waals surface area contributed by atoms with Crippen molar-refractivity contribution in [3.8, 4) is 0 Å². The molecule has 0 atom stereocenters. The summed E-state index contributed by atoms with van der Waals surface area (Å²) < 4.78 is 62.7. The highest BCUT2D eigenvalue weighted by atomic mass is 19.4. The first-order valence-electron chi connectivity index (χ1n) is 7.26. The van der Waals surface area contributed by atoms with Crippen molar-refractivity contribution in [3.05, 3.63) is 35.4 Å². The number of halogens is 5. The first-order chi connectivity index (χ1) is 11.2. The molecule has 1 saturated heterocycles. The molecule has 0 spiro atoms. The van der Waals surface area contributed by atoms with Gasteiger partial charge >= 0.3 is 6.18 Å². The second-order valence-electron chi connectivity index (χ2n) is 5.52. The van der Waals surface area contributed by atoms with Gasteiger partial charge in [-0.25, -0.2) is 8.78 Å². The van der Waals surface area contributed by atoms with E-state index >= 15 is 0 Å². The minimum atomic E-state index is -4.48. The fourth-order valence-corrected chi connectivity index (χ4v) is 2.51. The number of hydrogen-bond acceptors (Lipinski definition) is 2. The maximum atomic E-state index is 13.6. The molecule has 0 radical (unpaired) electrons. The van der Waals surface area contributed by atoms with E-state index in [1.54, 1.807) is 0 Å². The summed E-state index contributed by atoms with van der Waals surface area (Å²) in [5, 5.41) is 1.81. The summed E-state index contributed by atoms with van der Waals surface area (Å²) >= 11 is 0. The Bertz CT molecular complexity index is 625. The average molecular weight is 350 g/mol. The molecule has 9 heteroatoms. The first-order valence-corrected chi connectivity index (χ1v) is 7.26. The molecule has 0 saturated carbocycles. The van der Waals surface area contributed by atoms with Crippen LogP contribution >= 0.6 is 0 Å². The molecule has 2 amide bonds. The average Bonchev–Trinajstić information content (AvgIpc) is 2.51. The number of carbonyl (C=O) groups is 2. The molecule has 0 unspecified atom stereocenters. The SMILES string of the molecule is O=C(NCC(F)(F)F)C1CCN(C(=O)c2ccc(F)cc2F)CC1. The van der Waals surface area contributed by atoms with Gasteiger partial charge in [0.05, 0.1) is 5.56 Å². The van der Waals surface area contributed by atoms with Crippen molar-refractivity contribution in [1.29, 1.82) is 0 Å². The van der Waals surface area contributed by atoms with E-state index in [-0.39, 0.29) is 31.5 Å². The Morgan fingerprint density at radius 3 is 2.33 bits per heavy atom. The van der Waals surface area contributed by atoms with Crippen molar-refractivity contribution in [2.24, 2.45) is 5.92 Å². The third-order valence-electron chi connectivity index (χ3n) is 3.78. The van der Waals surface area contributed by atoms with Crippen molar-refractivity contribution < 1.29 is 31.5 Å². The number of nitrogens with one attached hydrogen (secondary N) is 1. The molecule has 24 heavy (non-hydrogen) atoms. The molecule has 4 nitrogen and oxygen atoms in total. The van der Waals surface area contributed by atoms with Crippen molar-refractivity contribution in [2.75, 3.05) is 19.6 Å². The molecule has 1 aromatic carbocycles. The van der Waals surface area contributed by atoms with Gasteiger partial charge in [-0.1, -0.05) is 0 Å². The van der Waals surface area contributed by atoms with Crippen LogP contribution in [-0.4, -0.2) is 42.5 Å². The zero-order valence-electron chi connectivity index (χ0n) is 12.5. The molecule has 2 rings (SSSR count). The van der Waals surface area contributed by atoms with E-state index in [4.69, 9.17) is 0 Å². The van der Waals surface area contributed by atoms with E-state index in [0.717, 1.165) is 12.1 Å². The van der Waals surface area contributed by atoms with Crippen molar-refractivity contribution >= 4 is 11.8 Å². The number of carbonyl (C=O) groups excluding carboxylic acids is 2. The Morgan fingerprint density at radius 2 is 1.79 bits per heavy atom. The number of hydrogen-bond donors (Lipinski definition) is 1. The van der Waals surface area contributed by atoms with E-state index in [1.165, 1.54) is 4.90 Å². The zero-order valence-corrected chi connectivity index (χ0v) is 12.5. The Labute approximate surface area is 134 Å². The highest BCUT2D eigenvalue weighted by Gasteiger charge is 2.32.